The summed E-state index contributed by atoms with van der Waals surface area (Å²) in [6, 6.07) is 8.90. The zero-order valence-electron chi connectivity index (χ0n) is 17.9. The lowest BCUT2D eigenvalue weighted by molar-refractivity contribution is -0.122. The predicted octanol–water partition coefficient (Wildman–Crippen LogP) is 4.20. The molecule has 3 rings (SSSR count). The van der Waals surface area contributed by atoms with Gasteiger partial charge in [-0.15, -0.1) is 0 Å². The third kappa shape index (κ3) is 4.70. The molecular formula is C23H23ClN2O6. The number of amides is 4. The molecule has 1 heterocycles. The monoisotopic (exact) mass is 458 g/mol. The molecule has 168 valence electrons. The number of barbiturate groups is 1. The Hall–Kier alpha value is -3.52. The van der Waals surface area contributed by atoms with E-state index in [9.17, 15) is 14.4 Å². The molecule has 32 heavy (non-hydrogen) atoms. The summed E-state index contributed by atoms with van der Waals surface area (Å²) in [5, 5.41) is 2.47. The minimum Gasteiger partial charge on any atom is -0.492 e. The molecule has 0 aromatic heterocycles. The quantitative estimate of drug-likeness (QED) is 0.470. The summed E-state index contributed by atoms with van der Waals surface area (Å²) in [7, 11) is 0. The number of hydrogen-bond donors (Lipinski definition) is 1. The van der Waals surface area contributed by atoms with Gasteiger partial charge in [-0.05, 0) is 56.7 Å². The Bertz CT molecular complexity index is 1080. The number of halogens is 1. The molecule has 0 radical (unpaired) electrons. The SMILES string of the molecule is CCOc1ccccc1N1C(=O)NC(=O)/C(=C\c2cc(Cl)c(OCC)c(OCC)c2)C1=O. The van der Waals surface area contributed by atoms with Gasteiger partial charge < -0.3 is 14.2 Å². The van der Waals surface area contributed by atoms with Crippen molar-refractivity contribution in [2.75, 3.05) is 24.7 Å². The second-order valence-corrected chi connectivity index (χ2v) is 6.96. The van der Waals surface area contributed by atoms with Crippen molar-refractivity contribution in [1.29, 1.82) is 0 Å². The molecule has 0 spiro atoms. The third-order valence-electron chi connectivity index (χ3n) is 4.44. The Labute approximate surface area is 190 Å². The number of benzene rings is 2. The van der Waals surface area contributed by atoms with Gasteiger partial charge >= 0.3 is 6.03 Å². The summed E-state index contributed by atoms with van der Waals surface area (Å²) >= 11 is 6.34. The minimum atomic E-state index is -0.857. The van der Waals surface area contributed by atoms with E-state index in [2.05, 4.69) is 5.32 Å². The lowest BCUT2D eigenvalue weighted by Gasteiger charge is -2.27. The largest absolute Gasteiger partial charge is 0.492 e. The van der Waals surface area contributed by atoms with Gasteiger partial charge in [0.1, 0.15) is 11.3 Å². The lowest BCUT2D eigenvalue weighted by Crippen LogP contribution is -2.54. The van der Waals surface area contributed by atoms with E-state index >= 15 is 0 Å². The number of anilines is 1. The fourth-order valence-corrected chi connectivity index (χ4v) is 3.45. The van der Waals surface area contributed by atoms with Crippen LogP contribution in [-0.4, -0.2) is 37.7 Å². The van der Waals surface area contributed by atoms with E-state index in [0.717, 1.165) is 4.90 Å². The van der Waals surface area contributed by atoms with E-state index in [0.29, 0.717) is 42.6 Å². The predicted molar refractivity (Wildman–Crippen MR) is 120 cm³/mol. The highest BCUT2D eigenvalue weighted by atomic mass is 35.5. The maximum absolute atomic E-state index is 13.2. The first-order valence-electron chi connectivity index (χ1n) is 10.1. The Morgan fingerprint density at radius 3 is 2.28 bits per heavy atom. The minimum absolute atomic E-state index is 0.231. The molecular weight excluding hydrogens is 436 g/mol. The van der Waals surface area contributed by atoms with Crippen LogP contribution in [0.5, 0.6) is 17.2 Å². The van der Waals surface area contributed by atoms with Gasteiger partial charge in [0, 0.05) is 0 Å². The number of para-hydroxylation sites is 2. The summed E-state index contributed by atoms with van der Waals surface area (Å²) < 4.78 is 16.7. The van der Waals surface area contributed by atoms with Crippen LogP contribution >= 0.6 is 11.6 Å². The van der Waals surface area contributed by atoms with E-state index in [1.807, 2.05) is 13.8 Å². The van der Waals surface area contributed by atoms with Gasteiger partial charge in [0.25, 0.3) is 11.8 Å². The molecule has 9 heteroatoms. The van der Waals surface area contributed by atoms with Crippen LogP contribution in [0.2, 0.25) is 5.02 Å². The number of nitrogens with one attached hydrogen (secondary N) is 1. The van der Waals surface area contributed by atoms with Gasteiger partial charge in [-0.25, -0.2) is 9.69 Å². The molecule has 1 aliphatic heterocycles. The summed E-state index contributed by atoms with van der Waals surface area (Å²) in [6.07, 6.45) is 1.35. The van der Waals surface area contributed by atoms with E-state index in [4.69, 9.17) is 25.8 Å². The second kappa shape index (κ2) is 10.2. The lowest BCUT2D eigenvalue weighted by atomic mass is 10.1. The van der Waals surface area contributed by atoms with Crippen LogP contribution in [0.1, 0.15) is 26.3 Å². The Kier molecular flexibility index (Phi) is 7.37. The standard InChI is InChI=1S/C23H23ClN2O6/c1-4-30-18-10-8-7-9-17(18)26-22(28)15(21(27)25-23(26)29)11-14-12-16(24)20(32-6-3)19(13-14)31-5-2/h7-13H,4-6H2,1-3H3,(H,25,27,29)/b15-11+. The molecule has 0 bridgehead atoms. The normalized spacial score (nSPS) is 15.1. The molecule has 1 aliphatic rings. The number of carbonyl (C=O) groups is 3. The van der Waals surface area contributed by atoms with E-state index in [1.165, 1.54) is 6.08 Å². The first-order chi connectivity index (χ1) is 15.4. The average Bonchev–Trinajstić information content (AvgIpc) is 2.75. The van der Waals surface area contributed by atoms with Crippen LogP contribution in [-0.2, 0) is 9.59 Å². The van der Waals surface area contributed by atoms with E-state index in [1.54, 1.807) is 43.3 Å². The first-order valence-corrected chi connectivity index (χ1v) is 10.5. The van der Waals surface area contributed by atoms with Gasteiger partial charge in [0.15, 0.2) is 11.5 Å². The molecule has 2 aromatic rings. The molecule has 1 N–H and O–H groups in total. The molecule has 0 saturated carbocycles. The van der Waals surface area contributed by atoms with Crippen molar-refractivity contribution in [3.8, 4) is 17.2 Å². The molecule has 8 nitrogen and oxygen atoms in total. The van der Waals surface area contributed by atoms with Crippen LogP contribution in [0.3, 0.4) is 0 Å². The average molecular weight is 459 g/mol. The van der Waals surface area contributed by atoms with Crippen molar-refractivity contribution in [1.82, 2.24) is 5.32 Å². The fraction of sp³-hybridized carbons (Fsp3) is 0.261. The molecule has 0 atom stereocenters. The van der Waals surface area contributed by atoms with Crippen LogP contribution in [0, 0.1) is 0 Å². The summed E-state index contributed by atoms with van der Waals surface area (Å²) in [5.74, 6) is -0.496. The number of carbonyl (C=O) groups excluding carboxylic acids is 3. The third-order valence-corrected chi connectivity index (χ3v) is 4.72. The summed E-state index contributed by atoms with van der Waals surface area (Å²) in [6.45, 7) is 6.51. The molecule has 1 fully saturated rings. The van der Waals surface area contributed by atoms with Crippen molar-refractivity contribution in [3.05, 3.63) is 52.6 Å². The highest BCUT2D eigenvalue weighted by Gasteiger charge is 2.38. The van der Waals surface area contributed by atoms with Crippen LogP contribution < -0.4 is 24.4 Å². The Morgan fingerprint density at radius 1 is 0.938 bits per heavy atom. The van der Waals surface area contributed by atoms with E-state index in [-0.39, 0.29) is 16.3 Å². The smallest absolute Gasteiger partial charge is 0.336 e. The molecule has 4 amide bonds. The highest BCUT2D eigenvalue weighted by Crippen LogP contribution is 2.38. The van der Waals surface area contributed by atoms with Crippen LogP contribution in [0.15, 0.2) is 42.0 Å². The second-order valence-electron chi connectivity index (χ2n) is 6.55. The Morgan fingerprint density at radius 2 is 1.59 bits per heavy atom. The van der Waals surface area contributed by atoms with Gasteiger partial charge in [0.2, 0.25) is 0 Å². The molecule has 0 unspecified atom stereocenters. The van der Waals surface area contributed by atoms with Gasteiger partial charge in [-0.3, -0.25) is 14.9 Å². The van der Waals surface area contributed by atoms with Crippen molar-refractivity contribution in [3.63, 3.8) is 0 Å². The maximum atomic E-state index is 13.2. The zero-order valence-corrected chi connectivity index (χ0v) is 18.7. The summed E-state index contributed by atoms with van der Waals surface area (Å²) in [4.78, 5) is 39.1. The Balaban J connectivity index is 2.05. The fourth-order valence-electron chi connectivity index (χ4n) is 3.18. The van der Waals surface area contributed by atoms with Crippen molar-refractivity contribution >= 4 is 41.2 Å². The first kappa shape index (κ1) is 23.1. The number of nitrogens with zero attached hydrogens (tertiary/aromatic N) is 1. The molecule has 0 aliphatic carbocycles. The van der Waals surface area contributed by atoms with Crippen molar-refractivity contribution in [2.24, 2.45) is 0 Å². The molecule has 2 aromatic carbocycles. The van der Waals surface area contributed by atoms with Crippen LogP contribution in [0.4, 0.5) is 10.5 Å². The van der Waals surface area contributed by atoms with Crippen molar-refractivity contribution < 1.29 is 28.6 Å². The topological polar surface area (TPSA) is 94.2 Å². The number of rotatable bonds is 8. The van der Waals surface area contributed by atoms with E-state index < -0.39 is 17.8 Å². The van der Waals surface area contributed by atoms with Crippen molar-refractivity contribution in [2.45, 2.75) is 20.8 Å². The highest BCUT2D eigenvalue weighted by molar-refractivity contribution is 6.39. The number of hydrogen-bond acceptors (Lipinski definition) is 6. The van der Waals surface area contributed by atoms with Gasteiger partial charge in [-0.2, -0.15) is 0 Å². The number of imide groups is 2. The molecule has 1 saturated heterocycles. The summed E-state index contributed by atoms with van der Waals surface area (Å²) in [5.41, 5.74) is 0.432. The van der Waals surface area contributed by atoms with Gasteiger partial charge in [-0.1, -0.05) is 23.7 Å². The van der Waals surface area contributed by atoms with Gasteiger partial charge in [0.05, 0.1) is 30.5 Å². The van der Waals surface area contributed by atoms with Crippen LogP contribution in [0.25, 0.3) is 6.08 Å². The zero-order chi connectivity index (χ0) is 23.3. The number of ether oxygens (including phenoxy) is 3. The number of urea groups is 1. The maximum Gasteiger partial charge on any atom is 0.336 e.